The summed E-state index contributed by atoms with van der Waals surface area (Å²) in [6, 6.07) is 6.57. The highest BCUT2D eigenvalue weighted by molar-refractivity contribution is 5.94. The molecule has 1 heterocycles. The van der Waals surface area contributed by atoms with Crippen LogP contribution < -0.4 is 16.0 Å². The molecule has 7 heteroatoms. The highest BCUT2D eigenvalue weighted by atomic mass is 16.6. The molecule has 28 heavy (non-hydrogen) atoms. The van der Waals surface area contributed by atoms with Gasteiger partial charge in [-0.1, -0.05) is 37.3 Å². The number of alkyl carbamates (subject to hydrolysis) is 1. The molecule has 1 aromatic carbocycles. The molecule has 0 saturated carbocycles. The third-order valence-corrected chi connectivity index (χ3v) is 4.20. The first-order chi connectivity index (χ1) is 13.2. The average molecular weight is 387 g/mol. The minimum atomic E-state index is -0.730. The minimum absolute atomic E-state index is 0.113. The average Bonchev–Trinajstić information content (AvgIpc) is 2.61. The number of para-hydroxylation sites is 1. The van der Waals surface area contributed by atoms with Gasteiger partial charge in [0.05, 0.1) is 5.92 Å². The Morgan fingerprint density at radius 2 is 1.89 bits per heavy atom. The molecule has 152 valence electrons. The predicted octanol–water partition coefficient (Wildman–Crippen LogP) is 3.12. The summed E-state index contributed by atoms with van der Waals surface area (Å²) < 4.78 is 5.27. The molecule has 3 N–H and O–H groups in total. The van der Waals surface area contributed by atoms with Crippen molar-refractivity contribution in [1.29, 1.82) is 0 Å². The number of nitrogens with one attached hydrogen (secondary N) is 3. The van der Waals surface area contributed by atoms with Gasteiger partial charge in [-0.25, -0.2) is 4.79 Å². The molecule has 0 unspecified atom stereocenters. The van der Waals surface area contributed by atoms with Gasteiger partial charge in [0.25, 0.3) is 0 Å². The van der Waals surface area contributed by atoms with E-state index >= 15 is 0 Å². The number of ether oxygens (including phenoxy) is 1. The van der Waals surface area contributed by atoms with E-state index in [1.54, 1.807) is 32.9 Å². The standard InChI is InChI=1S/C21H29N3O4/c1-14-9-5-7-12-17(24-20(27)28-21(2,3)4)19(26)22-13-15-10-6-8-11-16(15)23-18(14)25/h5-6,8-11,14,17H,7,12-13H2,1-4H3,(H,22,26)(H,23,25)(H,24,27)/b9-5+/t14-,17+/m1/s1. The van der Waals surface area contributed by atoms with Crippen molar-refractivity contribution in [2.75, 3.05) is 5.32 Å². The maximum absolute atomic E-state index is 12.7. The molecule has 0 spiro atoms. The van der Waals surface area contributed by atoms with E-state index in [1.807, 2.05) is 31.2 Å². The summed E-state index contributed by atoms with van der Waals surface area (Å²) in [5.41, 5.74) is 0.795. The molecular weight excluding hydrogens is 358 g/mol. The van der Waals surface area contributed by atoms with E-state index in [2.05, 4.69) is 16.0 Å². The van der Waals surface area contributed by atoms with Crippen LogP contribution in [0.5, 0.6) is 0 Å². The first-order valence-electron chi connectivity index (χ1n) is 9.48. The lowest BCUT2D eigenvalue weighted by Crippen LogP contribution is -2.48. The van der Waals surface area contributed by atoms with Crippen LogP contribution >= 0.6 is 0 Å². The fourth-order valence-electron chi connectivity index (χ4n) is 2.72. The lowest BCUT2D eigenvalue weighted by atomic mass is 10.1. The number of fused-ring (bicyclic) bond motifs is 1. The summed E-state index contributed by atoms with van der Waals surface area (Å²) in [6.07, 6.45) is 3.96. The number of benzene rings is 1. The predicted molar refractivity (Wildman–Crippen MR) is 108 cm³/mol. The molecule has 0 aliphatic carbocycles. The Balaban J connectivity index is 2.19. The number of rotatable bonds is 1. The van der Waals surface area contributed by atoms with Crippen molar-refractivity contribution >= 4 is 23.6 Å². The van der Waals surface area contributed by atoms with Gasteiger partial charge in [-0.15, -0.1) is 0 Å². The molecular formula is C21H29N3O4. The maximum atomic E-state index is 12.7. The van der Waals surface area contributed by atoms with Crippen molar-refractivity contribution in [2.45, 2.75) is 58.7 Å². The van der Waals surface area contributed by atoms with Crippen LogP contribution in [0.3, 0.4) is 0 Å². The Labute approximate surface area is 165 Å². The molecule has 1 aromatic rings. The van der Waals surface area contributed by atoms with E-state index in [0.29, 0.717) is 18.5 Å². The number of carbonyl (C=O) groups excluding carboxylic acids is 3. The van der Waals surface area contributed by atoms with Gasteiger partial charge >= 0.3 is 6.09 Å². The Bertz CT molecular complexity index is 752. The zero-order valence-electron chi connectivity index (χ0n) is 16.9. The third kappa shape index (κ3) is 6.72. The van der Waals surface area contributed by atoms with Crippen molar-refractivity contribution in [1.82, 2.24) is 10.6 Å². The van der Waals surface area contributed by atoms with Crippen LogP contribution in [0.2, 0.25) is 0 Å². The van der Waals surface area contributed by atoms with E-state index in [9.17, 15) is 14.4 Å². The largest absolute Gasteiger partial charge is 0.444 e. The smallest absolute Gasteiger partial charge is 0.408 e. The van der Waals surface area contributed by atoms with Gasteiger partial charge in [0.15, 0.2) is 0 Å². The molecule has 0 fully saturated rings. The summed E-state index contributed by atoms with van der Waals surface area (Å²) in [7, 11) is 0. The van der Waals surface area contributed by atoms with Crippen LogP contribution in [-0.2, 0) is 20.9 Å². The monoisotopic (exact) mass is 387 g/mol. The van der Waals surface area contributed by atoms with Gasteiger partial charge in [0.1, 0.15) is 11.6 Å². The minimum Gasteiger partial charge on any atom is -0.444 e. The fraction of sp³-hybridized carbons (Fsp3) is 0.476. The fourth-order valence-corrected chi connectivity index (χ4v) is 2.72. The molecule has 1 aliphatic rings. The first-order valence-corrected chi connectivity index (χ1v) is 9.48. The topological polar surface area (TPSA) is 96.5 Å². The molecule has 7 nitrogen and oxygen atoms in total. The van der Waals surface area contributed by atoms with Crippen LogP contribution in [0.15, 0.2) is 36.4 Å². The first kappa shape index (κ1) is 21.5. The molecule has 0 radical (unpaired) electrons. The Morgan fingerprint density at radius 3 is 2.61 bits per heavy atom. The number of allylic oxidation sites excluding steroid dienone is 1. The second kappa shape index (κ2) is 9.39. The quantitative estimate of drug-likeness (QED) is 0.645. The summed E-state index contributed by atoms with van der Waals surface area (Å²) in [4.78, 5) is 37.1. The van der Waals surface area contributed by atoms with Crippen molar-refractivity contribution in [3.63, 3.8) is 0 Å². The molecule has 0 saturated heterocycles. The highest BCUT2D eigenvalue weighted by Crippen LogP contribution is 2.17. The van der Waals surface area contributed by atoms with E-state index in [4.69, 9.17) is 4.74 Å². The van der Waals surface area contributed by atoms with E-state index < -0.39 is 17.7 Å². The van der Waals surface area contributed by atoms with Crippen LogP contribution in [-0.4, -0.2) is 29.6 Å². The summed E-state index contributed by atoms with van der Waals surface area (Å²) in [5, 5.41) is 8.39. The van der Waals surface area contributed by atoms with Crippen molar-refractivity contribution in [2.24, 2.45) is 5.92 Å². The third-order valence-electron chi connectivity index (χ3n) is 4.20. The number of hydrogen-bond donors (Lipinski definition) is 3. The Morgan fingerprint density at radius 1 is 1.18 bits per heavy atom. The van der Waals surface area contributed by atoms with Gasteiger partial charge in [0, 0.05) is 12.2 Å². The zero-order chi connectivity index (χ0) is 20.7. The number of hydrogen-bond acceptors (Lipinski definition) is 4. The lowest BCUT2D eigenvalue weighted by Gasteiger charge is -2.23. The highest BCUT2D eigenvalue weighted by Gasteiger charge is 2.24. The van der Waals surface area contributed by atoms with Gasteiger partial charge in [-0.2, -0.15) is 0 Å². The van der Waals surface area contributed by atoms with Crippen LogP contribution in [0, 0.1) is 5.92 Å². The molecule has 2 atom stereocenters. The van der Waals surface area contributed by atoms with Gasteiger partial charge in [-0.05, 0) is 45.2 Å². The summed E-state index contributed by atoms with van der Waals surface area (Å²) >= 11 is 0. The lowest BCUT2D eigenvalue weighted by molar-refractivity contribution is -0.123. The van der Waals surface area contributed by atoms with Crippen molar-refractivity contribution < 1.29 is 19.1 Å². The second-order valence-electron chi connectivity index (χ2n) is 7.86. The number of amides is 3. The van der Waals surface area contributed by atoms with E-state index in [0.717, 1.165) is 5.56 Å². The normalized spacial score (nSPS) is 22.3. The Hall–Kier alpha value is -2.83. The Kier molecular flexibility index (Phi) is 7.20. The van der Waals surface area contributed by atoms with Gasteiger partial charge < -0.3 is 20.7 Å². The summed E-state index contributed by atoms with van der Waals surface area (Å²) in [5.74, 6) is -0.722. The number of anilines is 1. The zero-order valence-corrected chi connectivity index (χ0v) is 16.9. The molecule has 0 aromatic heterocycles. The van der Waals surface area contributed by atoms with E-state index in [1.165, 1.54) is 0 Å². The molecule has 3 amide bonds. The SMILES string of the molecule is C[C@@H]1/C=C/CC[C@H](NC(=O)OC(C)(C)C)C(=O)NCc2ccccc2NC1=O. The van der Waals surface area contributed by atoms with E-state index in [-0.39, 0.29) is 24.3 Å². The van der Waals surface area contributed by atoms with Gasteiger partial charge in [-0.3, -0.25) is 9.59 Å². The number of carbonyl (C=O) groups is 3. The van der Waals surface area contributed by atoms with Gasteiger partial charge in [0.2, 0.25) is 11.8 Å². The van der Waals surface area contributed by atoms with Crippen molar-refractivity contribution in [3.05, 3.63) is 42.0 Å². The summed E-state index contributed by atoms with van der Waals surface area (Å²) in [6.45, 7) is 7.35. The molecule has 2 rings (SSSR count). The van der Waals surface area contributed by atoms with Crippen molar-refractivity contribution in [3.8, 4) is 0 Å². The van der Waals surface area contributed by atoms with Crippen LogP contribution in [0.4, 0.5) is 10.5 Å². The van der Waals surface area contributed by atoms with Crippen LogP contribution in [0.1, 0.15) is 46.1 Å². The second-order valence-corrected chi connectivity index (χ2v) is 7.86. The molecule has 0 bridgehead atoms. The van der Waals surface area contributed by atoms with Crippen LogP contribution in [0.25, 0.3) is 0 Å². The maximum Gasteiger partial charge on any atom is 0.408 e. The molecule has 1 aliphatic heterocycles.